The molecule has 1 aromatic rings. The number of aromatic nitrogens is 2. The van der Waals surface area contributed by atoms with E-state index in [4.69, 9.17) is 4.74 Å². The van der Waals surface area contributed by atoms with Crippen LogP contribution in [0, 0.1) is 0 Å². The number of carbonyl (C=O) groups excluding carboxylic acids is 1. The molecule has 0 radical (unpaired) electrons. The number of rotatable bonds is 8. The highest BCUT2D eigenvalue weighted by Crippen LogP contribution is 2.04. The van der Waals surface area contributed by atoms with E-state index in [1.165, 1.54) is 0 Å². The largest absolute Gasteiger partial charge is 0.464 e. The summed E-state index contributed by atoms with van der Waals surface area (Å²) in [5.74, 6) is 0.0516. The van der Waals surface area contributed by atoms with Gasteiger partial charge in [0.2, 0.25) is 5.91 Å². The average Bonchev–Trinajstić information content (AvgIpc) is 2.38. The van der Waals surface area contributed by atoms with Gasteiger partial charge in [-0.2, -0.15) is 0 Å². The molecule has 0 saturated heterocycles. The van der Waals surface area contributed by atoms with Crippen molar-refractivity contribution in [3.05, 3.63) is 18.0 Å². The summed E-state index contributed by atoms with van der Waals surface area (Å²) in [6, 6.07) is 0.377. The fraction of sp³-hybridized carbons (Fsp3) is 0.615. The van der Waals surface area contributed by atoms with Crippen molar-refractivity contribution in [2.75, 3.05) is 33.8 Å². The second-order valence-electron chi connectivity index (χ2n) is 4.46. The van der Waals surface area contributed by atoms with Gasteiger partial charge in [-0.3, -0.25) is 4.79 Å². The molecule has 1 aromatic heterocycles. The number of ether oxygens (including phenoxy) is 1. The van der Waals surface area contributed by atoms with Gasteiger partial charge in [0, 0.05) is 31.9 Å². The van der Waals surface area contributed by atoms with Gasteiger partial charge in [0.05, 0.1) is 6.61 Å². The smallest absolute Gasteiger partial charge is 0.316 e. The Morgan fingerprint density at radius 1 is 1.37 bits per heavy atom. The Bertz CT molecular complexity index is 379. The van der Waals surface area contributed by atoms with Crippen molar-refractivity contribution in [1.29, 1.82) is 0 Å². The van der Waals surface area contributed by atoms with E-state index in [-0.39, 0.29) is 5.91 Å². The van der Waals surface area contributed by atoms with Crippen molar-refractivity contribution in [1.82, 2.24) is 20.2 Å². The van der Waals surface area contributed by atoms with E-state index in [1.54, 1.807) is 12.4 Å². The van der Waals surface area contributed by atoms with Gasteiger partial charge < -0.3 is 15.0 Å². The Kier molecular flexibility index (Phi) is 6.81. The fourth-order valence-electron chi connectivity index (χ4n) is 1.44. The van der Waals surface area contributed by atoms with E-state index >= 15 is 0 Å². The third-order valence-electron chi connectivity index (χ3n) is 2.48. The van der Waals surface area contributed by atoms with Crippen LogP contribution in [0.15, 0.2) is 12.4 Å². The second kappa shape index (κ2) is 8.42. The number of amides is 1. The SMILES string of the molecule is CCOc1ncc(CCC(=O)NCCN(C)C)cn1. The van der Waals surface area contributed by atoms with Crippen LogP contribution in [-0.4, -0.2) is 54.6 Å². The van der Waals surface area contributed by atoms with Crippen LogP contribution in [0.5, 0.6) is 6.01 Å². The molecule has 0 atom stereocenters. The van der Waals surface area contributed by atoms with Crippen molar-refractivity contribution in [2.45, 2.75) is 19.8 Å². The maximum Gasteiger partial charge on any atom is 0.316 e. The second-order valence-corrected chi connectivity index (χ2v) is 4.46. The van der Waals surface area contributed by atoms with Crippen molar-refractivity contribution in [3.63, 3.8) is 0 Å². The van der Waals surface area contributed by atoms with Gasteiger partial charge in [-0.1, -0.05) is 0 Å². The molecule has 1 amide bonds. The molecular formula is C13H22N4O2. The van der Waals surface area contributed by atoms with Crippen molar-refractivity contribution in [2.24, 2.45) is 0 Å². The number of likely N-dealkylation sites (N-methyl/N-ethyl adjacent to an activating group) is 1. The monoisotopic (exact) mass is 266 g/mol. The summed E-state index contributed by atoms with van der Waals surface area (Å²) in [6.07, 6.45) is 4.49. The summed E-state index contributed by atoms with van der Waals surface area (Å²) in [6.45, 7) is 3.95. The first-order valence-corrected chi connectivity index (χ1v) is 6.47. The number of nitrogens with zero attached hydrogens (tertiary/aromatic N) is 3. The number of hydrogen-bond acceptors (Lipinski definition) is 5. The zero-order valence-electron chi connectivity index (χ0n) is 11.8. The van der Waals surface area contributed by atoms with Gasteiger partial charge in [0.1, 0.15) is 0 Å². The molecule has 0 spiro atoms. The molecule has 0 aliphatic heterocycles. The Hall–Kier alpha value is -1.69. The molecule has 1 N–H and O–H groups in total. The number of aryl methyl sites for hydroxylation is 1. The highest BCUT2D eigenvalue weighted by molar-refractivity contribution is 5.76. The average molecular weight is 266 g/mol. The van der Waals surface area contributed by atoms with E-state index in [2.05, 4.69) is 15.3 Å². The van der Waals surface area contributed by atoms with Gasteiger partial charge in [0.15, 0.2) is 0 Å². The third-order valence-corrected chi connectivity index (χ3v) is 2.48. The normalized spacial score (nSPS) is 10.5. The van der Waals surface area contributed by atoms with Crippen LogP contribution in [0.4, 0.5) is 0 Å². The summed E-state index contributed by atoms with van der Waals surface area (Å²) >= 11 is 0. The minimum atomic E-state index is 0.0516. The standard InChI is InChI=1S/C13H22N4O2/c1-4-19-13-15-9-11(10-16-13)5-6-12(18)14-7-8-17(2)3/h9-10H,4-8H2,1-3H3,(H,14,18). The summed E-state index contributed by atoms with van der Waals surface area (Å²) in [4.78, 5) is 21.7. The zero-order valence-corrected chi connectivity index (χ0v) is 11.8. The third kappa shape index (κ3) is 6.71. The maximum absolute atomic E-state index is 11.6. The lowest BCUT2D eigenvalue weighted by Gasteiger charge is -2.10. The van der Waals surface area contributed by atoms with Gasteiger partial charge in [-0.05, 0) is 33.0 Å². The highest BCUT2D eigenvalue weighted by Gasteiger charge is 2.03. The topological polar surface area (TPSA) is 67.3 Å². The molecule has 19 heavy (non-hydrogen) atoms. The molecule has 0 aliphatic rings. The molecule has 0 fully saturated rings. The molecule has 0 aliphatic carbocycles. The van der Waals surface area contributed by atoms with E-state index in [0.717, 1.165) is 12.1 Å². The van der Waals surface area contributed by atoms with E-state index in [9.17, 15) is 4.79 Å². The minimum absolute atomic E-state index is 0.0516. The lowest BCUT2D eigenvalue weighted by Crippen LogP contribution is -2.31. The molecule has 0 aromatic carbocycles. The Morgan fingerprint density at radius 3 is 2.63 bits per heavy atom. The van der Waals surface area contributed by atoms with Gasteiger partial charge in [0.25, 0.3) is 0 Å². The predicted molar refractivity (Wildman–Crippen MR) is 73.1 cm³/mol. The van der Waals surface area contributed by atoms with Crippen LogP contribution < -0.4 is 10.1 Å². The minimum Gasteiger partial charge on any atom is -0.464 e. The van der Waals surface area contributed by atoms with Crippen molar-refractivity contribution in [3.8, 4) is 6.01 Å². The summed E-state index contributed by atoms with van der Waals surface area (Å²) in [7, 11) is 3.95. The number of nitrogens with one attached hydrogen (secondary N) is 1. The Labute approximate surface area is 114 Å². The van der Waals surface area contributed by atoms with Crippen LogP contribution in [0.1, 0.15) is 18.9 Å². The predicted octanol–water partition coefficient (Wildman–Crippen LogP) is 0.486. The van der Waals surface area contributed by atoms with E-state index < -0.39 is 0 Å². The molecule has 6 heteroatoms. The molecular weight excluding hydrogens is 244 g/mol. The van der Waals surface area contributed by atoms with Gasteiger partial charge >= 0.3 is 6.01 Å². The molecule has 0 unspecified atom stereocenters. The molecule has 6 nitrogen and oxygen atoms in total. The van der Waals surface area contributed by atoms with Gasteiger partial charge in [-0.15, -0.1) is 0 Å². The molecule has 0 bridgehead atoms. The quantitative estimate of drug-likeness (QED) is 0.741. The molecule has 106 valence electrons. The summed E-state index contributed by atoms with van der Waals surface area (Å²) in [5, 5.41) is 2.87. The maximum atomic E-state index is 11.6. The molecule has 1 rings (SSSR count). The first kappa shape index (κ1) is 15.4. The first-order chi connectivity index (χ1) is 9.11. The number of carbonyl (C=O) groups is 1. The number of hydrogen-bond donors (Lipinski definition) is 1. The highest BCUT2D eigenvalue weighted by atomic mass is 16.5. The van der Waals surface area contributed by atoms with Gasteiger partial charge in [-0.25, -0.2) is 9.97 Å². The van der Waals surface area contributed by atoms with Crippen molar-refractivity contribution >= 4 is 5.91 Å². The Morgan fingerprint density at radius 2 is 2.05 bits per heavy atom. The fourth-order valence-corrected chi connectivity index (χ4v) is 1.44. The summed E-state index contributed by atoms with van der Waals surface area (Å²) < 4.78 is 5.16. The lowest BCUT2D eigenvalue weighted by molar-refractivity contribution is -0.121. The molecule has 1 heterocycles. The van der Waals surface area contributed by atoms with E-state index in [0.29, 0.717) is 32.0 Å². The summed E-state index contributed by atoms with van der Waals surface area (Å²) in [5.41, 5.74) is 0.936. The van der Waals surface area contributed by atoms with Crippen LogP contribution in [0.3, 0.4) is 0 Å². The van der Waals surface area contributed by atoms with Crippen LogP contribution >= 0.6 is 0 Å². The Balaban J connectivity index is 2.25. The van der Waals surface area contributed by atoms with Crippen LogP contribution in [0.25, 0.3) is 0 Å². The van der Waals surface area contributed by atoms with E-state index in [1.807, 2.05) is 25.9 Å². The van der Waals surface area contributed by atoms with Crippen LogP contribution in [0.2, 0.25) is 0 Å². The zero-order chi connectivity index (χ0) is 14.1. The van der Waals surface area contributed by atoms with Crippen molar-refractivity contribution < 1.29 is 9.53 Å². The lowest BCUT2D eigenvalue weighted by atomic mass is 10.2. The van der Waals surface area contributed by atoms with Crippen LogP contribution in [-0.2, 0) is 11.2 Å². The first-order valence-electron chi connectivity index (χ1n) is 6.47. The molecule has 0 saturated carbocycles.